The zero-order valence-electron chi connectivity index (χ0n) is 11.4. The molecule has 0 N–H and O–H groups in total. The van der Waals surface area contributed by atoms with Crippen molar-refractivity contribution in [1.82, 2.24) is 0 Å². The fourth-order valence-corrected chi connectivity index (χ4v) is 2.23. The van der Waals surface area contributed by atoms with Crippen molar-refractivity contribution in [1.29, 1.82) is 5.26 Å². The summed E-state index contributed by atoms with van der Waals surface area (Å²) in [5.74, 6) is 0.722. The first-order chi connectivity index (χ1) is 10.2. The number of alkyl halides is 1. The summed E-state index contributed by atoms with van der Waals surface area (Å²) in [7, 11) is 1.55. The van der Waals surface area contributed by atoms with Crippen LogP contribution in [0.3, 0.4) is 0 Å². The summed E-state index contributed by atoms with van der Waals surface area (Å²) in [6, 6.07) is 11.7. The van der Waals surface area contributed by atoms with Gasteiger partial charge < -0.3 is 9.47 Å². The molecule has 0 saturated carbocycles. The van der Waals surface area contributed by atoms with Crippen molar-refractivity contribution in [2.45, 2.75) is 11.9 Å². The van der Waals surface area contributed by atoms with Gasteiger partial charge in [0.15, 0.2) is 0 Å². The van der Waals surface area contributed by atoms with Crippen LogP contribution in [-0.4, -0.2) is 7.11 Å². The number of nitriles is 1. The van der Waals surface area contributed by atoms with Crippen LogP contribution in [0.1, 0.15) is 16.7 Å². The highest BCUT2D eigenvalue weighted by Gasteiger charge is 2.07. The van der Waals surface area contributed by atoms with Crippen molar-refractivity contribution >= 4 is 15.9 Å². The standard InChI is InChI=1S/C16H13BrFNO2/c1-20-16-3-2-11(9-19)4-13(16)10-21-15-6-12(8-17)5-14(18)7-15/h2-7H,8,10H2,1H3. The third-order valence-corrected chi connectivity index (χ3v) is 3.54. The Morgan fingerprint density at radius 1 is 1.24 bits per heavy atom. The lowest BCUT2D eigenvalue weighted by Gasteiger charge is -2.11. The van der Waals surface area contributed by atoms with Crippen LogP contribution in [0.4, 0.5) is 4.39 Å². The molecule has 2 rings (SSSR count). The molecule has 0 saturated heterocycles. The first-order valence-electron chi connectivity index (χ1n) is 6.21. The van der Waals surface area contributed by atoms with E-state index in [4.69, 9.17) is 14.7 Å². The molecular formula is C16H13BrFNO2. The second kappa shape index (κ2) is 7.09. The third-order valence-electron chi connectivity index (χ3n) is 2.89. The predicted molar refractivity (Wildman–Crippen MR) is 81.1 cm³/mol. The van der Waals surface area contributed by atoms with Gasteiger partial charge in [0, 0.05) is 17.0 Å². The summed E-state index contributed by atoms with van der Waals surface area (Å²) >= 11 is 3.29. The van der Waals surface area contributed by atoms with E-state index in [2.05, 4.69) is 22.0 Å². The maximum Gasteiger partial charge on any atom is 0.127 e. The zero-order chi connectivity index (χ0) is 15.2. The number of hydrogen-bond donors (Lipinski definition) is 0. The van der Waals surface area contributed by atoms with Gasteiger partial charge in [0.2, 0.25) is 0 Å². The third kappa shape index (κ3) is 3.96. The van der Waals surface area contributed by atoms with Crippen molar-refractivity contribution in [2.24, 2.45) is 0 Å². The Hall–Kier alpha value is -2.06. The second-order valence-corrected chi connectivity index (χ2v) is 4.92. The van der Waals surface area contributed by atoms with E-state index < -0.39 is 0 Å². The van der Waals surface area contributed by atoms with Crippen LogP contribution in [0.15, 0.2) is 36.4 Å². The monoisotopic (exact) mass is 349 g/mol. The van der Waals surface area contributed by atoms with Crippen molar-refractivity contribution in [3.63, 3.8) is 0 Å². The molecule has 0 aliphatic rings. The quantitative estimate of drug-likeness (QED) is 0.760. The van der Waals surface area contributed by atoms with Crippen molar-refractivity contribution in [2.75, 3.05) is 7.11 Å². The summed E-state index contributed by atoms with van der Waals surface area (Å²) in [5, 5.41) is 9.48. The van der Waals surface area contributed by atoms with E-state index >= 15 is 0 Å². The molecule has 0 heterocycles. The van der Waals surface area contributed by atoms with E-state index in [9.17, 15) is 4.39 Å². The Kier molecular flexibility index (Phi) is 5.18. The Labute approximate surface area is 131 Å². The highest BCUT2D eigenvalue weighted by atomic mass is 79.9. The molecule has 0 spiro atoms. The molecule has 0 atom stereocenters. The second-order valence-electron chi connectivity index (χ2n) is 4.36. The van der Waals surface area contributed by atoms with Gasteiger partial charge in [-0.3, -0.25) is 0 Å². The van der Waals surface area contributed by atoms with Gasteiger partial charge in [0.25, 0.3) is 0 Å². The van der Waals surface area contributed by atoms with Crippen LogP contribution in [0.5, 0.6) is 11.5 Å². The SMILES string of the molecule is COc1ccc(C#N)cc1COc1cc(F)cc(CBr)c1. The van der Waals surface area contributed by atoms with E-state index in [1.54, 1.807) is 31.4 Å². The number of methoxy groups -OCH3 is 1. The molecule has 0 radical (unpaired) electrons. The molecule has 108 valence electrons. The molecule has 0 unspecified atom stereocenters. The first kappa shape index (κ1) is 15.3. The molecule has 5 heteroatoms. The maximum atomic E-state index is 13.4. The molecule has 2 aromatic carbocycles. The van der Waals surface area contributed by atoms with Crippen LogP contribution in [0, 0.1) is 17.1 Å². The number of rotatable bonds is 5. The molecule has 21 heavy (non-hydrogen) atoms. The highest BCUT2D eigenvalue weighted by Crippen LogP contribution is 2.23. The molecule has 2 aromatic rings. The Morgan fingerprint density at radius 2 is 2.05 bits per heavy atom. The topological polar surface area (TPSA) is 42.2 Å². The predicted octanol–water partition coefficient (Wildman–Crippen LogP) is 4.18. The van der Waals surface area contributed by atoms with Crippen molar-refractivity contribution < 1.29 is 13.9 Å². The van der Waals surface area contributed by atoms with Gasteiger partial charge in [0.1, 0.15) is 23.9 Å². The van der Waals surface area contributed by atoms with E-state index in [1.165, 1.54) is 12.1 Å². The first-order valence-corrected chi connectivity index (χ1v) is 7.33. The van der Waals surface area contributed by atoms with Gasteiger partial charge in [-0.15, -0.1) is 0 Å². The van der Waals surface area contributed by atoms with Gasteiger partial charge in [-0.25, -0.2) is 4.39 Å². The summed E-state index contributed by atoms with van der Waals surface area (Å²) < 4.78 is 24.3. The highest BCUT2D eigenvalue weighted by molar-refractivity contribution is 9.08. The molecular weight excluding hydrogens is 337 g/mol. The zero-order valence-corrected chi connectivity index (χ0v) is 13.0. The van der Waals surface area contributed by atoms with Crippen molar-refractivity contribution in [3.8, 4) is 17.6 Å². The van der Waals surface area contributed by atoms with E-state index in [0.717, 1.165) is 11.1 Å². The number of nitrogens with zero attached hydrogens (tertiary/aromatic N) is 1. The summed E-state index contributed by atoms with van der Waals surface area (Å²) in [5.41, 5.74) is 2.05. The average Bonchev–Trinajstić information content (AvgIpc) is 2.51. The summed E-state index contributed by atoms with van der Waals surface area (Å²) in [4.78, 5) is 0. The molecule has 3 nitrogen and oxygen atoms in total. The van der Waals surface area contributed by atoms with Crippen LogP contribution in [-0.2, 0) is 11.9 Å². The lowest BCUT2D eigenvalue weighted by molar-refractivity contribution is 0.295. The molecule has 0 aliphatic carbocycles. The molecule has 0 aromatic heterocycles. The number of hydrogen-bond acceptors (Lipinski definition) is 3. The lowest BCUT2D eigenvalue weighted by Crippen LogP contribution is -2.00. The molecule has 0 aliphatic heterocycles. The van der Waals surface area contributed by atoms with E-state index in [1.807, 2.05) is 0 Å². The van der Waals surface area contributed by atoms with Crippen LogP contribution in [0.2, 0.25) is 0 Å². The average molecular weight is 350 g/mol. The van der Waals surface area contributed by atoms with Gasteiger partial charge in [-0.1, -0.05) is 15.9 Å². The lowest BCUT2D eigenvalue weighted by atomic mass is 10.1. The number of benzene rings is 2. The summed E-state index contributed by atoms with van der Waals surface area (Å²) in [6.45, 7) is 0.198. The minimum Gasteiger partial charge on any atom is -0.496 e. The van der Waals surface area contributed by atoms with Crippen LogP contribution >= 0.6 is 15.9 Å². The van der Waals surface area contributed by atoms with E-state index in [-0.39, 0.29) is 12.4 Å². The normalized spacial score (nSPS) is 10.0. The summed E-state index contributed by atoms with van der Waals surface area (Å²) in [6.07, 6.45) is 0. The Bertz CT molecular complexity index is 682. The maximum absolute atomic E-state index is 13.4. The van der Waals surface area contributed by atoms with Gasteiger partial charge >= 0.3 is 0 Å². The fraction of sp³-hybridized carbons (Fsp3) is 0.188. The van der Waals surface area contributed by atoms with Crippen molar-refractivity contribution in [3.05, 3.63) is 58.9 Å². The minimum absolute atomic E-state index is 0.198. The minimum atomic E-state index is -0.348. The van der Waals surface area contributed by atoms with Gasteiger partial charge in [-0.2, -0.15) is 5.26 Å². The van der Waals surface area contributed by atoms with Gasteiger partial charge in [-0.05, 0) is 35.9 Å². The van der Waals surface area contributed by atoms with E-state index in [0.29, 0.717) is 22.4 Å². The largest absolute Gasteiger partial charge is 0.496 e. The fourth-order valence-electron chi connectivity index (χ4n) is 1.90. The number of halogens is 2. The molecule has 0 amide bonds. The Balaban J connectivity index is 2.20. The van der Waals surface area contributed by atoms with Crippen LogP contribution in [0.25, 0.3) is 0 Å². The van der Waals surface area contributed by atoms with Gasteiger partial charge in [0.05, 0.1) is 18.7 Å². The van der Waals surface area contributed by atoms with Crippen LogP contribution < -0.4 is 9.47 Å². The molecule has 0 bridgehead atoms. The molecule has 0 fully saturated rings. The smallest absolute Gasteiger partial charge is 0.127 e. The number of ether oxygens (including phenoxy) is 2. The Morgan fingerprint density at radius 3 is 2.71 bits per heavy atom.